The lowest BCUT2D eigenvalue weighted by atomic mass is 10.2. The molecule has 106 valence electrons. The molecule has 0 radical (unpaired) electrons. The van der Waals surface area contributed by atoms with Crippen LogP contribution < -0.4 is 5.32 Å². The van der Waals surface area contributed by atoms with Crippen LogP contribution in [0.15, 0.2) is 16.6 Å². The Hall–Kier alpha value is -1.63. The minimum Gasteiger partial charge on any atom is -0.372 e. The second-order valence-electron chi connectivity index (χ2n) is 4.01. The summed E-state index contributed by atoms with van der Waals surface area (Å²) >= 11 is 3.35. The van der Waals surface area contributed by atoms with Gasteiger partial charge in [-0.3, -0.25) is 0 Å². The average Bonchev–Trinajstić information content (AvgIpc) is 2.44. The minimum absolute atomic E-state index is 0.0834. The van der Waals surface area contributed by atoms with E-state index in [2.05, 4.69) is 31.2 Å². The van der Waals surface area contributed by atoms with Crippen LogP contribution in [-0.2, 0) is 6.42 Å². The Balaban J connectivity index is 2.63. The number of nitrogens with one attached hydrogen (secondary N) is 1. The van der Waals surface area contributed by atoms with Crippen LogP contribution in [0.2, 0.25) is 0 Å². The molecule has 0 aliphatic carbocycles. The molecule has 0 saturated carbocycles. The number of hydrogen-bond acceptors (Lipinski definition) is 3. The molecular weight excluding hydrogens is 335 g/mol. The van der Waals surface area contributed by atoms with Gasteiger partial charge in [-0.05, 0) is 34.5 Å². The lowest BCUT2D eigenvalue weighted by molar-refractivity contribution is 0.447. The summed E-state index contributed by atoms with van der Waals surface area (Å²) in [5.41, 5.74) is 0.768. The standard InChI is InChI=1S/C13H11BrF3N3/c1-3-9-10(14)13(18-2)20-12(19-9)6-4-7(15)11(17)8(16)5-6/h4-5H,3H2,1-2H3,(H,18,19,20). The third-order valence-corrected chi connectivity index (χ3v) is 3.57. The van der Waals surface area contributed by atoms with E-state index in [1.54, 1.807) is 7.05 Å². The van der Waals surface area contributed by atoms with Crippen molar-refractivity contribution < 1.29 is 13.2 Å². The zero-order valence-electron chi connectivity index (χ0n) is 10.8. The molecule has 0 aliphatic heterocycles. The Morgan fingerprint density at radius 3 is 2.25 bits per heavy atom. The number of hydrogen-bond donors (Lipinski definition) is 1. The van der Waals surface area contributed by atoms with Crippen molar-refractivity contribution in [1.82, 2.24) is 9.97 Å². The van der Waals surface area contributed by atoms with Crippen LogP contribution in [0, 0.1) is 17.5 Å². The summed E-state index contributed by atoms with van der Waals surface area (Å²) in [6.45, 7) is 1.89. The summed E-state index contributed by atoms with van der Waals surface area (Å²) in [5, 5.41) is 2.86. The van der Waals surface area contributed by atoms with Crippen molar-refractivity contribution in [1.29, 1.82) is 0 Å². The van der Waals surface area contributed by atoms with Crippen LogP contribution >= 0.6 is 15.9 Å². The van der Waals surface area contributed by atoms with Gasteiger partial charge in [0.2, 0.25) is 0 Å². The van der Waals surface area contributed by atoms with Crippen molar-refractivity contribution in [2.24, 2.45) is 0 Å². The number of anilines is 1. The fourth-order valence-electron chi connectivity index (χ4n) is 1.71. The number of aryl methyl sites for hydroxylation is 1. The van der Waals surface area contributed by atoms with Crippen molar-refractivity contribution in [2.75, 3.05) is 12.4 Å². The summed E-state index contributed by atoms with van der Waals surface area (Å²) < 4.78 is 40.2. The van der Waals surface area contributed by atoms with E-state index in [4.69, 9.17) is 0 Å². The van der Waals surface area contributed by atoms with Gasteiger partial charge in [0.15, 0.2) is 23.3 Å². The van der Waals surface area contributed by atoms with E-state index in [1.165, 1.54) is 0 Å². The molecule has 2 rings (SSSR count). The molecule has 1 N–H and O–H groups in total. The lowest BCUT2D eigenvalue weighted by Crippen LogP contribution is -2.03. The van der Waals surface area contributed by atoms with Crippen molar-refractivity contribution in [2.45, 2.75) is 13.3 Å². The maximum atomic E-state index is 13.3. The van der Waals surface area contributed by atoms with Crippen LogP contribution in [0.4, 0.5) is 19.0 Å². The Morgan fingerprint density at radius 2 is 1.75 bits per heavy atom. The first kappa shape index (κ1) is 14.8. The minimum atomic E-state index is -1.50. The maximum Gasteiger partial charge on any atom is 0.194 e. The summed E-state index contributed by atoms with van der Waals surface area (Å²) in [7, 11) is 1.67. The van der Waals surface area contributed by atoms with Crippen LogP contribution in [0.5, 0.6) is 0 Å². The van der Waals surface area contributed by atoms with Gasteiger partial charge in [-0.1, -0.05) is 6.92 Å². The van der Waals surface area contributed by atoms with E-state index < -0.39 is 17.5 Å². The number of rotatable bonds is 3. The van der Waals surface area contributed by atoms with Crippen molar-refractivity contribution in [3.8, 4) is 11.4 Å². The summed E-state index contributed by atoms with van der Waals surface area (Å²) in [6.07, 6.45) is 0.608. The van der Waals surface area contributed by atoms with E-state index >= 15 is 0 Å². The fraction of sp³-hybridized carbons (Fsp3) is 0.231. The Bertz CT molecular complexity index is 613. The smallest absolute Gasteiger partial charge is 0.194 e. The molecule has 0 fully saturated rings. The van der Waals surface area contributed by atoms with Gasteiger partial charge in [-0.15, -0.1) is 0 Å². The Labute approximate surface area is 122 Å². The number of aromatic nitrogens is 2. The van der Waals surface area contributed by atoms with Crippen LogP contribution in [-0.4, -0.2) is 17.0 Å². The third-order valence-electron chi connectivity index (χ3n) is 2.73. The van der Waals surface area contributed by atoms with Gasteiger partial charge < -0.3 is 5.32 Å². The van der Waals surface area contributed by atoms with E-state index in [0.717, 1.165) is 12.1 Å². The molecular formula is C13H11BrF3N3. The maximum absolute atomic E-state index is 13.3. The fourth-order valence-corrected chi connectivity index (χ4v) is 2.36. The Morgan fingerprint density at radius 1 is 1.15 bits per heavy atom. The second-order valence-corrected chi connectivity index (χ2v) is 4.81. The molecule has 0 saturated heterocycles. The van der Waals surface area contributed by atoms with Gasteiger partial charge in [0, 0.05) is 12.6 Å². The highest BCUT2D eigenvalue weighted by Crippen LogP contribution is 2.28. The third kappa shape index (κ3) is 2.63. The highest BCUT2D eigenvalue weighted by molar-refractivity contribution is 9.10. The molecule has 7 heteroatoms. The molecule has 2 aromatic rings. The molecule has 0 unspecified atom stereocenters. The predicted molar refractivity (Wildman–Crippen MR) is 74.0 cm³/mol. The zero-order valence-corrected chi connectivity index (χ0v) is 12.4. The topological polar surface area (TPSA) is 37.8 Å². The van der Waals surface area contributed by atoms with E-state index in [9.17, 15) is 13.2 Å². The number of halogens is 4. The van der Waals surface area contributed by atoms with Crippen molar-refractivity contribution >= 4 is 21.7 Å². The summed E-state index contributed by atoms with van der Waals surface area (Å²) in [4.78, 5) is 8.38. The molecule has 0 bridgehead atoms. The van der Waals surface area contributed by atoms with Crippen molar-refractivity contribution in [3.05, 3.63) is 39.8 Å². The molecule has 1 heterocycles. The molecule has 0 spiro atoms. The first-order valence-corrected chi connectivity index (χ1v) is 6.66. The van der Waals surface area contributed by atoms with Gasteiger partial charge in [-0.25, -0.2) is 23.1 Å². The lowest BCUT2D eigenvalue weighted by Gasteiger charge is -2.10. The normalized spacial score (nSPS) is 10.7. The largest absolute Gasteiger partial charge is 0.372 e. The zero-order chi connectivity index (χ0) is 14.9. The molecule has 1 aromatic heterocycles. The van der Waals surface area contributed by atoms with E-state index in [0.29, 0.717) is 22.4 Å². The number of nitrogens with zero attached hydrogens (tertiary/aromatic N) is 2. The van der Waals surface area contributed by atoms with E-state index in [-0.39, 0.29) is 11.4 Å². The Kier molecular flexibility index (Phi) is 4.27. The predicted octanol–water partition coefficient (Wildman–Crippen LogP) is 3.93. The van der Waals surface area contributed by atoms with Crippen LogP contribution in [0.3, 0.4) is 0 Å². The number of benzene rings is 1. The highest BCUT2D eigenvalue weighted by atomic mass is 79.9. The van der Waals surface area contributed by atoms with Gasteiger partial charge in [0.25, 0.3) is 0 Å². The SMILES string of the molecule is CCc1nc(-c2cc(F)c(F)c(F)c2)nc(NC)c1Br. The van der Waals surface area contributed by atoms with Gasteiger partial charge >= 0.3 is 0 Å². The monoisotopic (exact) mass is 345 g/mol. The average molecular weight is 346 g/mol. The molecule has 0 amide bonds. The first-order valence-electron chi connectivity index (χ1n) is 5.87. The molecule has 0 aliphatic rings. The van der Waals surface area contributed by atoms with Crippen LogP contribution in [0.25, 0.3) is 11.4 Å². The van der Waals surface area contributed by atoms with Gasteiger partial charge in [0.1, 0.15) is 5.82 Å². The summed E-state index contributed by atoms with van der Waals surface area (Å²) in [5.74, 6) is -3.41. The molecule has 20 heavy (non-hydrogen) atoms. The molecule has 0 atom stereocenters. The van der Waals surface area contributed by atoms with Crippen LogP contribution in [0.1, 0.15) is 12.6 Å². The van der Waals surface area contributed by atoms with E-state index in [1.807, 2.05) is 6.92 Å². The second kappa shape index (κ2) is 5.78. The van der Waals surface area contributed by atoms with Gasteiger partial charge in [-0.2, -0.15) is 0 Å². The highest BCUT2D eigenvalue weighted by Gasteiger charge is 2.16. The first-order chi connectivity index (χ1) is 9.47. The summed E-state index contributed by atoms with van der Waals surface area (Å²) in [6, 6.07) is 1.75. The molecule has 3 nitrogen and oxygen atoms in total. The van der Waals surface area contributed by atoms with Gasteiger partial charge in [0.05, 0.1) is 10.2 Å². The quantitative estimate of drug-likeness (QED) is 0.856. The van der Waals surface area contributed by atoms with Crippen molar-refractivity contribution in [3.63, 3.8) is 0 Å². The molecule has 1 aromatic carbocycles.